The fourth-order valence-corrected chi connectivity index (χ4v) is 3.98. The number of aliphatic carboxylic acids is 1. The fraction of sp³-hybridized carbons (Fsp3) is 0.385. The lowest BCUT2D eigenvalue weighted by Gasteiger charge is -2.17. The van der Waals surface area contributed by atoms with Crippen molar-refractivity contribution in [2.24, 2.45) is 0 Å². The van der Waals surface area contributed by atoms with Gasteiger partial charge in [0.2, 0.25) is 0 Å². The molecule has 3 aromatic rings. The molecule has 2 aromatic heterocycles. The van der Waals surface area contributed by atoms with Crippen molar-refractivity contribution < 1.29 is 19.4 Å². The van der Waals surface area contributed by atoms with Crippen LogP contribution in [-0.4, -0.2) is 57.5 Å². The Bertz CT molecular complexity index is 1130. The Labute approximate surface area is 204 Å². The van der Waals surface area contributed by atoms with Crippen molar-refractivity contribution in [1.29, 1.82) is 0 Å². The van der Waals surface area contributed by atoms with E-state index in [-0.39, 0.29) is 18.7 Å². The third-order valence-corrected chi connectivity index (χ3v) is 5.92. The minimum absolute atomic E-state index is 0.159. The standard InChI is InChI=1S/C26H31N5O4/c32-25(22-13-16-31(30-22)21-9-2-1-3-10-21)29-23(26(33)34)14-18-35-17-5-4-8-20-12-11-19-7-6-15-27-24(19)28-20/h1-3,9-13,16,23H,4-8,14-15,17-18H2,(H,27,28)(H,29,32)(H,33,34)/t23-/m0/s1. The van der Waals surface area contributed by atoms with Gasteiger partial charge in [0.25, 0.3) is 5.91 Å². The number of hydrogen-bond donors (Lipinski definition) is 3. The van der Waals surface area contributed by atoms with Gasteiger partial charge in [-0.3, -0.25) is 4.79 Å². The first-order valence-electron chi connectivity index (χ1n) is 12.1. The topological polar surface area (TPSA) is 118 Å². The Hall–Kier alpha value is -3.72. The van der Waals surface area contributed by atoms with Gasteiger partial charge in [0.15, 0.2) is 5.69 Å². The third kappa shape index (κ3) is 6.89. The summed E-state index contributed by atoms with van der Waals surface area (Å²) in [5.74, 6) is -0.616. The van der Waals surface area contributed by atoms with Crippen molar-refractivity contribution in [2.75, 3.05) is 25.1 Å². The number of rotatable bonds is 12. The van der Waals surface area contributed by atoms with Crippen molar-refractivity contribution in [3.05, 3.63) is 71.7 Å². The summed E-state index contributed by atoms with van der Waals surface area (Å²) in [5.41, 5.74) is 3.33. The monoisotopic (exact) mass is 477 g/mol. The average Bonchev–Trinajstić information content (AvgIpc) is 3.38. The summed E-state index contributed by atoms with van der Waals surface area (Å²) in [6, 6.07) is 14.1. The van der Waals surface area contributed by atoms with Crippen molar-refractivity contribution >= 4 is 17.7 Å². The summed E-state index contributed by atoms with van der Waals surface area (Å²) in [5, 5.41) is 19.6. The van der Waals surface area contributed by atoms with Crippen LogP contribution in [0.1, 0.15) is 47.4 Å². The van der Waals surface area contributed by atoms with Gasteiger partial charge < -0.3 is 20.5 Å². The van der Waals surface area contributed by atoms with Gasteiger partial charge in [-0.1, -0.05) is 24.3 Å². The van der Waals surface area contributed by atoms with Gasteiger partial charge in [0.05, 0.1) is 5.69 Å². The molecule has 0 radical (unpaired) electrons. The SMILES string of the molecule is O=C(N[C@@H](CCOCCCCc1ccc2c(n1)NCCC2)C(=O)O)c1ccn(-c2ccccc2)n1. The van der Waals surface area contributed by atoms with E-state index in [4.69, 9.17) is 9.72 Å². The highest BCUT2D eigenvalue weighted by molar-refractivity contribution is 5.94. The molecule has 9 nitrogen and oxygen atoms in total. The van der Waals surface area contributed by atoms with Crippen LogP contribution in [0.25, 0.3) is 5.69 Å². The lowest BCUT2D eigenvalue weighted by atomic mass is 10.1. The third-order valence-electron chi connectivity index (χ3n) is 5.92. The maximum Gasteiger partial charge on any atom is 0.326 e. The maximum absolute atomic E-state index is 12.5. The van der Waals surface area contributed by atoms with Crippen molar-refractivity contribution in [2.45, 2.75) is 44.6 Å². The molecule has 1 aliphatic rings. The number of carboxylic acid groups (broad SMARTS) is 1. The van der Waals surface area contributed by atoms with Crippen LogP contribution in [-0.2, 0) is 22.4 Å². The number of carbonyl (C=O) groups excluding carboxylic acids is 1. The normalized spacial score (nSPS) is 13.5. The van der Waals surface area contributed by atoms with E-state index in [2.05, 4.69) is 27.9 Å². The second-order valence-corrected chi connectivity index (χ2v) is 8.54. The molecule has 0 fully saturated rings. The molecule has 0 bridgehead atoms. The lowest BCUT2D eigenvalue weighted by molar-refractivity contribution is -0.139. The predicted molar refractivity (Wildman–Crippen MR) is 132 cm³/mol. The van der Waals surface area contributed by atoms with Gasteiger partial charge >= 0.3 is 5.97 Å². The molecule has 3 heterocycles. The number of hydrogen-bond acceptors (Lipinski definition) is 6. The minimum Gasteiger partial charge on any atom is -0.480 e. The van der Waals surface area contributed by atoms with E-state index in [0.717, 1.165) is 55.8 Å². The number of aryl methyl sites for hydroxylation is 2. The quantitative estimate of drug-likeness (QED) is 0.343. The molecule has 35 heavy (non-hydrogen) atoms. The molecule has 1 aromatic carbocycles. The van der Waals surface area contributed by atoms with Gasteiger partial charge in [0.1, 0.15) is 11.9 Å². The summed E-state index contributed by atoms with van der Waals surface area (Å²) in [6.45, 7) is 1.76. The summed E-state index contributed by atoms with van der Waals surface area (Å²) < 4.78 is 7.20. The highest BCUT2D eigenvalue weighted by Crippen LogP contribution is 2.20. The Kier molecular flexibility index (Phi) is 8.45. The number of anilines is 1. The van der Waals surface area contributed by atoms with Crippen LogP contribution in [0.2, 0.25) is 0 Å². The highest BCUT2D eigenvalue weighted by Gasteiger charge is 2.22. The molecule has 1 atom stereocenters. The number of amides is 1. The molecule has 1 amide bonds. The van der Waals surface area contributed by atoms with E-state index < -0.39 is 17.9 Å². The molecule has 184 valence electrons. The molecule has 0 saturated carbocycles. The van der Waals surface area contributed by atoms with Gasteiger partial charge in [-0.15, -0.1) is 0 Å². The second-order valence-electron chi connectivity index (χ2n) is 8.54. The first-order valence-corrected chi connectivity index (χ1v) is 12.1. The van der Waals surface area contributed by atoms with E-state index >= 15 is 0 Å². The molecule has 4 rings (SSSR count). The van der Waals surface area contributed by atoms with Gasteiger partial charge in [-0.05, 0) is 61.9 Å². The molecule has 0 aliphatic carbocycles. The average molecular weight is 478 g/mol. The maximum atomic E-state index is 12.5. The van der Waals surface area contributed by atoms with E-state index in [0.29, 0.717) is 6.61 Å². The zero-order chi connectivity index (χ0) is 24.5. The number of nitrogens with zero attached hydrogens (tertiary/aromatic N) is 3. The Balaban J connectivity index is 1.15. The van der Waals surface area contributed by atoms with Crippen LogP contribution in [0, 0.1) is 0 Å². The van der Waals surface area contributed by atoms with Gasteiger partial charge in [-0.2, -0.15) is 5.10 Å². The first kappa shape index (κ1) is 24.4. The molecule has 0 unspecified atom stereocenters. The van der Waals surface area contributed by atoms with Crippen molar-refractivity contribution in [3.8, 4) is 5.69 Å². The zero-order valence-electron chi connectivity index (χ0n) is 19.7. The van der Waals surface area contributed by atoms with Crippen LogP contribution in [0.5, 0.6) is 0 Å². The molecular formula is C26H31N5O4. The van der Waals surface area contributed by atoms with Gasteiger partial charge in [-0.25, -0.2) is 14.5 Å². The van der Waals surface area contributed by atoms with Crippen molar-refractivity contribution in [1.82, 2.24) is 20.1 Å². The van der Waals surface area contributed by atoms with E-state index in [1.54, 1.807) is 16.9 Å². The number of nitrogens with one attached hydrogen (secondary N) is 2. The Morgan fingerprint density at radius 3 is 2.80 bits per heavy atom. The molecule has 0 saturated heterocycles. The summed E-state index contributed by atoms with van der Waals surface area (Å²) in [6.07, 6.45) is 6.75. The number of unbranched alkanes of at least 4 members (excludes halogenated alkanes) is 1. The van der Waals surface area contributed by atoms with Crippen LogP contribution in [0.3, 0.4) is 0 Å². The molecule has 0 spiro atoms. The van der Waals surface area contributed by atoms with Crippen LogP contribution in [0.15, 0.2) is 54.7 Å². The number of pyridine rings is 1. The van der Waals surface area contributed by atoms with Crippen LogP contribution >= 0.6 is 0 Å². The number of fused-ring (bicyclic) bond motifs is 1. The van der Waals surface area contributed by atoms with Crippen LogP contribution < -0.4 is 10.6 Å². The van der Waals surface area contributed by atoms with E-state index in [9.17, 15) is 14.7 Å². The largest absolute Gasteiger partial charge is 0.480 e. The molecule has 1 aliphatic heterocycles. The smallest absolute Gasteiger partial charge is 0.326 e. The predicted octanol–water partition coefficient (Wildman–Crippen LogP) is 3.24. The van der Waals surface area contributed by atoms with Crippen molar-refractivity contribution in [3.63, 3.8) is 0 Å². The molecular weight excluding hydrogens is 446 g/mol. The first-order chi connectivity index (χ1) is 17.1. The fourth-order valence-electron chi connectivity index (χ4n) is 3.98. The van der Waals surface area contributed by atoms with E-state index in [1.807, 2.05) is 30.3 Å². The Morgan fingerprint density at radius 2 is 1.97 bits per heavy atom. The number of aromatic nitrogens is 3. The highest BCUT2D eigenvalue weighted by atomic mass is 16.5. The van der Waals surface area contributed by atoms with Gasteiger partial charge in [0, 0.05) is 38.1 Å². The Morgan fingerprint density at radius 1 is 1.11 bits per heavy atom. The molecule has 3 N–H and O–H groups in total. The number of para-hydroxylation sites is 1. The molecule has 9 heteroatoms. The number of ether oxygens (including phenoxy) is 1. The summed E-state index contributed by atoms with van der Waals surface area (Å²) >= 11 is 0. The lowest BCUT2D eigenvalue weighted by Crippen LogP contribution is -2.41. The van der Waals surface area contributed by atoms with Crippen LogP contribution in [0.4, 0.5) is 5.82 Å². The zero-order valence-corrected chi connectivity index (χ0v) is 19.7. The number of benzene rings is 1. The summed E-state index contributed by atoms with van der Waals surface area (Å²) in [7, 11) is 0. The van der Waals surface area contributed by atoms with E-state index in [1.165, 1.54) is 5.56 Å². The summed E-state index contributed by atoms with van der Waals surface area (Å²) in [4.78, 5) is 28.8. The minimum atomic E-state index is -1.10. The number of carboxylic acids is 1. The number of carbonyl (C=O) groups is 2. The second kappa shape index (κ2) is 12.1.